The highest BCUT2D eigenvalue weighted by Gasteiger charge is 2.71. The van der Waals surface area contributed by atoms with Gasteiger partial charge in [0.15, 0.2) is 0 Å². The molecule has 1 nitrogen and oxygen atoms in total. The third-order valence-electron chi connectivity index (χ3n) is 3.38. The Balaban J connectivity index is 3.46. The Bertz CT molecular complexity index is 490. The standard InChI is InChI=1S/C13H13F7O/c1-3-7(2)9-5-4-8(6-10(9)14)11(21,12(15,16)17)13(18,19)20/h4-7,21H,3H2,1-2H3. The number of halogens is 7. The van der Waals surface area contributed by atoms with Crippen molar-refractivity contribution in [3.05, 3.63) is 35.1 Å². The molecule has 120 valence electrons. The second kappa shape index (κ2) is 5.47. The lowest BCUT2D eigenvalue weighted by Gasteiger charge is -2.32. The topological polar surface area (TPSA) is 20.2 Å². The second-order valence-electron chi connectivity index (χ2n) is 4.75. The molecule has 1 N–H and O–H groups in total. The van der Waals surface area contributed by atoms with Crippen LogP contribution in [0.15, 0.2) is 18.2 Å². The summed E-state index contributed by atoms with van der Waals surface area (Å²) < 4.78 is 89.7. The largest absolute Gasteiger partial charge is 0.430 e. The molecule has 0 saturated carbocycles. The molecule has 0 fully saturated rings. The zero-order chi connectivity index (χ0) is 16.6. The number of alkyl halides is 6. The summed E-state index contributed by atoms with van der Waals surface area (Å²) in [6.45, 7) is 3.28. The lowest BCUT2D eigenvalue weighted by Crippen LogP contribution is -2.54. The Morgan fingerprint density at radius 2 is 1.52 bits per heavy atom. The van der Waals surface area contributed by atoms with Crippen LogP contribution in [0, 0.1) is 5.82 Å². The fourth-order valence-electron chi connectivity index (χ4n) is 1.86. The first-order chi connectivity index (χ1) is 9.36. The first kappa shape index (κ1) is 17.7. The van der Waals surface area contributed by atoms with E-state index in [1.165, 1.54) is 0 Å². The van der Waals surface area contributed by atoms with E-state index in [2.05, 4.69) is 0 Å². The summed E-state index contributed by atoms with van der Waals surface area (Å²) in [5.41, 5.74) is -6.70. The molecule has 0 aliphatic rings. The molecule has 1 aromatic carbocycles. The van der Waals surface area contributed by atoms with Crippen molar-refractivity contribution < 1.29 is 35.8 Å². The zero-order valence-electron chi connectivity index (χ0n) is 11.1. The van der Waals surface area contributed by atoms with Crippen molar-refractivity contribution in [2.45, 2.75) is 44.1 Å². The molecule has 1 atom stereocenters. The monoisotopic (exact) mass is 318 g/mol. The molecular weight excluding hydrogens is 305 g/mol. The smallest absolute Gasteiger partial charge is 0.369 e. The first-order valence-electron chi connectivity index (χ1n) is 6.02. The predicted molar refractivity (Wildman–Crippen MR) is 61.1 cm³/mol. The lowest BCUT2D eigenvalue weighted by atomic mass is 9.89. The molecule has 0 spiro atoms. The normalized spacial score (nSPS) is 15.1. The van der Waals surface area contributed by atoms with Gasteiger partial charge in [-0.2, -0.15) is 26.3 Å². The molecule has 0 radical (unpaired) electrons. The summed E-state index contributed by atoms with van der Waals surface area (Å²) in [4.78, 5) is 0. The summed E-state index contributed by atoms with van der Waals surface area (Å²) in [6.07, 6.45) is -11.6. The van der Waals surface area contributed by atoms with Crippen LogP contribution in [0.2, 0.25) is 0 Å². The van der Waals surface area contributed by atoms with Gasteiger partial charge in [0.1, 0.15) is 5.82 Å². The molecule has 0 heterocycles. The van der Waals surface area contributed by atoms with Crippen molar-refractivity contribution in [3.8, 4) is 0 Å². The number of aliphatic hydroxyl groups is 1. The Kier molecular flexibility index (Phi) is 4.62. The van der Waals surface area contributed by atoms with Crippen molar-refractivity contribution >= 4 is 0 Å². The van der Waals surface area contributed by atoms with Crippen molar-refractivity contribution in [3.63, 3.8) is 0 Å². The van der Waals surface area contributed by atoms with E-state index >= 15 is 0 Å². The summed E-state index contributed by atoms with van der Waals surface area (Å²) in [5, 5.41) is 9.15. The van der Waals surface area contributed by atoms with E-state index in [4.69, 9.17) is 5.11 Å². The van der Waals surface area contributed by atoms with Gasteiger partial charge >= 0.3 is 12.4 Å². The molecule has 21 heavy (non-hydrogen) atoms. The first-order valence-corrected chi connectivity index (χ1v) is 6.02. The van der Waals surface area contributed by atoms with Crippen LogP contribution >= 0.6 is 0 Å². The third-order valence-corrected chi connectivity index (χ3v) is 3.38. The van der Waals surface area contributed by atoms with Crippen LogP contribution < -0.4 is 0 Å². The highest BCUT2D eigenvalue weighted by atomic mass is 19.4. The Hall–Kier alpha value is -1.31. The van der Waals surface area contributed by atoms with Gasteiger partial charge in [-0.1, -0.05) is 26.0 Å². The highest BCUT2D eigenvalue weighted by molar-refractivity contribution is 5.33. The molecule has 1 rings (SSSR count). The fourth-order valence-corrected chi connectivity index (χ4v) is 1.86. The lowest BCUT2D eigenvalue weighted by molar-refractivity contribution is -0.376. The van der Waals surface area contributed by atoms with Gasteiger partial charge in [0.25, 0.3) is 5.60 Å². The average molecular weight is 318 g/mol. The molecule has 1 unspecified atom stereocenters. The van der Waals surface area contributed by atoms with E-state index < -0.39 is 29.3 Å². The molecule has 8 heteroatoms. The molecular formula is C13H13F7O. The van der Waals surface area contributed by atoms with Gasteiger partial charge < -0.3 is 5.11 Å². The summed E-state index contributed by atoms with van der Waals surface area (Å²) in [6, 6.07) is 1.37. The second-order valence-corrected chi connectivity index (χ2v) is 4.75. The van der Waals surface area contributed by atoms with Crippen molar-refractivity contribution in [2.24, 2.45) is 0 Å². The quantitative estimate of drug-likeness (QED) is 0.804. The van der Waals surface area contributed by atoms with Crippen LogP contribution in [-0.4, -0.2) is 17.5 Å². The van der Waals surface area contributed by atoms with Crippen LogP contribution in [0.25, 0.3) is 0 Å². The average Bonchev–Trinajstić information content (AvgIpc) is 2.34. The van der Waals surface area contributed by atoms with E-state index in [1.54, 1.807) is 13.8 Å². The van der Waals surface area contributed by atoms with Gasteiger partial charge in [-0.05, 0) is 24.0 Å². The number of hydrogen-bond donors (Lipinski definition) is 1. The van der Waals surface area contributed by atoms with E-state index in [9.17, 15) is 30.7 Å². The molecule has 0 saturated heterocycles. The fraction of sp³-hybridized carbons (Fsp3) is 0.538. The van der Waals surface area contributed by atoms with Crippen molar-refractivity contribution in [1.29, 1.82) is 0 Å². The third kappa shape index (κ3) is 3.00. The van der Waals surface area contributed by atoms with E-state index in [0.29, 0.717) is 12.5 Å². The Labute approximate surface area is 116 Å². The molecule has 0 aliphatic heterocycles. The maximum Gasteiger partial charge on any atom is 0.430 e. The molecule has 0 aliphatic carbocycles. The maximum atomic E-state index is 13.7. The van der Waals surface area contributed by atoms with Gasteiger partial charge in [0, 0.05) is 5.56 Å². The van der Waals surface area contributed by atoms with Crippen LogP contribution in [0.5, 0.6) is 0 Å². The molecule has 0 aromatic heterocycles. The van der Waals surface area contributed by atoms with Crippen molar-refractivity contribution in [2.75, 3.05) is 0 Å². The van der Waals surface area contributed by atoms with Crippen LogP contribution in [0.4, 0.5) is 30.7 Å². The Morgan fingerprint density at radius 1 is 1.05 bits per heavy atom. The van der Waals surface area contributed by atoms with Crippen LogP contribution in [0.3, 0.4) is 0 Å². The molecule has 0 bridgehead atoms. The zero-order valence-corrected chi connectivity index (χ0v) is 11.1. The van der Waals surface area contributed by atoms with Crippen LogP contribution in [0.1, 0.15) is 37.3 Å². The van der Waals surface area contributed by atoms with E-state index in [-0.39, 0.29) is 17.5 Å². The molecule has 1 aromatic rings. The SMILES string of the molecule is CCC(C)c1ccc(C(O)(C(F)(F)F)C(F)(F)F)cc1F. The maximum absolute atomic E-state index is 13.7. The minimum absolute atomic E-state index is 0.00653. The van der Waals surface area contributed by atoms with Gasteiger partial charge in [-0.25, -0.2) is 4.39 Å². The van der Waals surface area contributed by atoms with Gasteiger partial charge in [-0.3, -0.25) is 0 Å². The van der Waals surface area contributed by atoms with Gasteiger partial charge in [0.05, 0.1) is 0 Å². The highest BCUT2D eigenvalue weighted by Crippen LogP contribution is 2.50. The van der Waals surface area contributed by atoms with Gasteiger partial charge in [0.2, 0.25) is 0 Å². The van der Waals surface area contributed by atoms with Gasteiger partial charge in [-0.15, -0.1) is 0 Å². The summed E-state index contributed by atoms with van der Waals surface area (Å²) in [7, 11) is 0. The Morgan fingerprint density at radius 3 is 1.86 bits per heavy atom. The molecule has 0 amide bonds. The minimum atomic E-state index is -6.02. The van der Waals surface area contributed by atoms with E-state index in [1.807, 2.05) is 0 Å². The number of benzene rings is 1. The van der Waals surface area contributed by atoms with Crippen molar-refractivity contribution in [1.82, 2.24) is 0 Å². The summed E-state index contributed by atoms with van der Waals surface area (Å²) in [5.74, 6) is -1.59. The number of rotatable bonds is 3. The number of hydrogen-bond acceptors (Lipinski definition) is 1. The predicted octanol–water partition coefficient (Wildman–Crippen LogP) is 4.65. The van der Waals surface area contributed by atoms with E-state index in [0.717, 1.165) is 6.07 Å². The summed E-state index contributed by atoms with van der Waals surface area (Å²) >= 11 is 0. The minimum Gasteiger partial charge on any atom is -0.369 e. The van der Waals surface area contributed by atoms with Crippen LogP contribution in [-0.2, 0) is 5.60 Å².